The van der Waals surface area contributed by atoms with E-state index >= 15 is 0 Å². The number of benzene rings is 2. The van der Waals surface area contributed by atoms with E-state index in [1.54, 1.807) is 6.07 Å². The van der Waals surface area contributed by atoms with E-state index in [4.69, 9.17) is 9.47 Å². The summed E-state index contributed by atoms with van der Waals surface area (Å²) in [7, 11) is 2.85. The number of rotatable bonds is 8. The molecule has 0 unspecified atom stereocenters. The highest BCUT2D eigenvalue weighted by Crippen LogP contribution is 2.36. The lowest BCUT2D eigenvalue weighted by atomic mass is 10.0. The molecule has 9 heteroatoms. The Bertz CT molecular complexity index is 717. The third-order valence-corrected chi connectivity index (χ3v) is 3.41. The van der Waals surface area contributed by atoms with E-state index in [9.17, 15) is 22.7 Å². The number of aliphatic hydroxyl groups is 1. The van der Waals surface area contributed by atoms with Crippen LogP contribution in [0.3, 0.4) is 0 Å². The minimum absolute atomic E-state index is 0.123. The molecule has 0 heterocycles. The molecule has 2 rings (SSSR count). The van der Waals surface area contributed by atoms with Crippen LogP contribution in [0.4, 0.5) is 17.6 Å². The number of hydrogen-bond acceptors (Lipinski definition) is 5. The Labute approximate surface area is 146 Å². The molecule has 0 bridgehead atoms. The highest BCUT2D eigenvalue weighted by molar-refractivity contribution is 5.47. The number of alkyl halides is 4. The van der Waals surface area contributed by atoms with Crippen molar-refractivity contribution < 1.29 is 41.6 Å². The van der Waals surface area contributed by atoms with Gasteiger partial charge in [-0.15, -0.1) is 0 Å². The Morgan fingerprint density at radius 3 is 1.77 bits per heavy atom. The highest BCUT2D eigenvalue weighted by atomic mass is 19.3. The first kappa shape index (κ1) is 19.6. The lowest BCUT2D eigenvalue weighted by molar-refractivity contribution is -0.0693. The van der Waals surface area contributed by atoms with E-state index in [0.717, 1.165) is 12.1 Å². The number of halogens is 4. The zero-order valence-electron chi connectivity index (χ0n) is 13.8. The molecule has 26 heavy (non-hydrogen) atoms. The van der Waals surface area contributed by atoms with Crippen LogP contribution in [0.1, 0.15) is 17.2 Å². The minimum atomic E-state index is -3.25. The van der Waals surface area contributed by atoms with Crippen molar-refractivity contribution in [3.05, 3.63) is 47.5 Å². The summed E-state index contributed by atoms with van der Waals surface area (Å²) in [6, 6.07) is 7.89. The Morgan fingerprint density at radius 1 is 0.731 bits per heavy atom. The lowest BCUT2D eigenvalue weighted by Crippen LogP contribution is -2.09. The third-order valence-electron chi connectivity index (χ3n) is 3.41. The Hall–Kier alpha value is -2.68. The molecule has 0 aliphatic rings. The van der Waals surface area contributed by atoms with Gasteiger partial charge >= 0.3 is 13.2 Å². The summed E-state index contributed by atoms with van der Waals surface area (Å²) in [6.07, 6.45) is -1.28. The van der Waals surface area contributed by atoms with Crippen LogP contribution < -0.4 is 18.9 Å². The average molecular weight is 376 g/mol. The molecule has 0 aromatic heterocycles. The van der Waals surface area contributed by atoms with E-state index in [0.29, 0.717) is 17.1 Å². The second-order valence-electron chi connectivity index (χ2n) is 5.01. The fourth-order valence-electron chi connectivity index (χ4n) is 2.26. The maximum Gasteiger partial charge on any atom is 0.387 e. The van der Waals surface area contributed by atoms with Gasteiger partial charge in [0, 0.05) is 6.07 Å². The molecule has 0 radical (unpaired) electrons. The Kier molecular flexibility index (Phi) is 6.51. The van der Waals surface area contributed by atoms with Crippen LogP contribution in [0.5, 0.6) is 23.0 Å². The summed E-state index contributed by atoms with van der Waals surface area (Å²) in [6.45, 7) is -6.47. The van der Waals surface area contributed by atoms with Gasteiger partial charge in [0.15, 0.2) is 11.5 Å². The number of hydrogen-bond donors (Lipinski definition) is 1. The van der Waals surface area contributed by atoms with E-state index in [-0.39, 0.29) is 5.56 Å². The quantitative estimate of drug-likeness (QED) is 0.706. The second kappa shape index (κ2) is 8.61. The van der Waals surface area contributed by atoms with Crippen molar-refractivity contribution >= 4 is 0 Å². The standard InChI is InChI=1S/C17H16F4O5/c1-23-11-5-10(6-12(8-11)24-2)15(22)9-3-4-13(25-16(18)19)14(7-9)26-17(20)21/h3-8,15-17,22H,1-2H3/t15-/m0/s1. The number of aliphatic hydroxyl groups excluding tert-OH is 1. The first-order valence-electron chi connectivity index (χ1n) is 7.28. The molecule has 0 amide bonds. The van der Waals surface area contributed by atoms with Crippen molar-refractivity contribution in [1.29, 1.82) is 0 Å². The SMILES string of the molecule is COc1cc(OC)cc([C@@H](O)c2ccc(OC(F)F)c(OC(F)F)c2)c1. The first-order chi connectivity index (χ1) is 12.3. The molecule has 2 aromatic carbocycles. The number of ether oxygens (including phenoxy) is 4. The summed E-state index contributed by atoms with van der Waals surface area (Å²) in [4.78, 5) is 0. The molecule has 5 nitrogen and oxygen atoms in total. The van der Waals surface area contributed by atoms with E-state index in [1.165, 1.54) is 32.4 Å². The molecule has 1 atom stereocenters. The highest BCUT2D eigenvalue weighted by Gasteiger charge is 2.19. The smallest absolute Gasteiger partial charge is 0.387 e. The summed E-state index contributed by atoms with van der Waals surface area (Å²) in [5.74, 6) is -0.383. The van der Waals surface area contributed by atoms with Crippen LogP contribution in [0.15, 0.2) is 36.4 Å². The van der Waals surface area contributed by atoms with Gasteiger partial charge in [0.05, 0.1) is 14.2 Å². The van der Waals surface area contributed by atoms with Crippen LogP contribution in [0, 0.1) is 0 Å². The molecular formula is C17H16F4O5. The molecule has 0 saturated heterocycles. The van der Waals surface area contributed by atoms with Gasteiger partial charge in [-0.3, -0.25) is 0 Å². The average Bonchev–Trinajstić information content (AvgIpc) is 2.61. The predicted octanol–water partition coefficient (Wildman–Crippen LogP) is 3.99. The van der Waals surface area contributed by atoms with Gasteiger partial charge in [-0.2, -0.15) is 17.6 Å². The fraction of sp³-hybridized carbons (Fsp3) is 0.294. The topological polar surface area (TPSA) is 57.2 Å². The van der Waals surface area contributed by atoms with Crippen molar-refractivity contribution in [2.24, 2.45) is 0 Å². The maximum atomic E-state index is 12.5. The van der Waals surface area contributed by atoms with Gasteiger partial charge in [-0.1, -0.05) is 6.07 Å². The fourth-order valence-corrected chi connectivity index (χ4v) is 2.26. The Balaban J connectivity index is 2.40. The molecule has 0 aliphatic carbocycles. The summed E-state index contributed by atoms with van der Waals surface area (Å²) in [5.41, 5.74) is 0.462. The molecule has 0 spiro atoms. The summed E-state index contributed by atoms with van der Waals surface area (Å²) >= 11 is 0. The van der Waals surface area contributed by atoms with Crippen molar-refractivity contribution in [3.63, 3.8) is 0 Å². The van der Waals surface area contributed by atoms with Crippen LogP contribution in [-0.2, 0) is 0 Å². The molecular weight excluding hydrogens is 360 g/mol. The molecule has 0 fully saturated rings. The largest absolute Gasteiger partial charge is 0.497 e. The monoisotopic (exact) mass is 376 g/mol. The molecule has 2 aromatic rings. The minimum Gasteiger partial charge on any atom is -0.497 e. The van der Waals surface area contributed by atoms with Crippen molar-refractivity contribution in [2.75, 3.05) is 14.2 Å². The van der Waals surface area contributed by atoms with Crippen LogP contribution in [-0.4, -0.2) is 32.5 Å². The van der Waals surface area contributed by atoms with Gasteiger partial charge in [-0.05, 0) is 35.4 Å². The first-order valence-corrected chi connectivity index (χ1v) is 7.28. The molecule has 1 N–H and O–H groups in total. The normalized spacial score (nSPS) is 12.2. The molecule has 142 valence electrons. The summed E-state index contributed by atoms with van der Waals surface area (Å²) < 4.78 is 68.4. The summed E-state index contributed by atoms with van der Waals surface area (Å²) in [5, 5.41) is 10.5. The third kappa shape index (κ3) is 4.92. The molecule has 0 aliphatic heterocycles. The zero-order valence-corrected chi connectivity index (χ0v) is 13.8. The predicted molar refractivity (Wildman–Crippen MR) is 83.3 cm³/mol. The van der Waals surface area contributed by atoms with Gasteiger partial charge in [0.1, 0.15) is 17.6 Å². The van der Waals surface area contributed by atoms with Gasteiger partial charge in [0.25, 0.3) is 0 Å². The van der Waals surface area contributed by atoms with E-state index in [1.807, 2.05) is 0 Å². The van der Waals surface area contributed by atoms with Crippen molar-refractivity contribution in [2.45, 2.75) is 19.3 Å². The Morgan fingerprint density at radius 2 is 1.27 bits per heavy atom. The van der Waals surface area contributed by atoms with Crippen LogP contribution in [0.2, 0.25) is 0 Å². The van der Waals surface area contributed by atoms with Gasteiger partial charge < -0.3 is 24.1 Å². The van der Waals surface area contributed by atoms with Gasteiger partial charge in [-0.25, -0.2) is 0 Å². The van der Waals surface area contributed by atoms with Crippen molar-refractivity contribution in [1.82, 2.24) is 0 Å². The second-order valence-corrected chi connectivity index (χ2v) is 5.01. The van der Waals surface area contributed by atoms with Crippen LogP contribution >= 0.6 is 0 Å². The van der Waals surface area contributed by atoms with Gasteiger partial charge in [0.2, 0.25) is 0 Å². The molecule has 0 saturated carbocycles. The zero-order chi connectivity index (χ0) is 19.3. The van der Waals surface area contributed by atoms with Crippen LogP contribution in [0.25, 0.3) is 0 Å². The van der Waals surface area contributed by atoms with E-state index < -0.39 is 30.8 Å². The van der Waals surface area contributed by atoms with Crippen molar-refractivity contribution in [3.8, 4) is 23.0 Å². The lowest BCUT2D eigenvalue weighted by Gasteiger charge is -2.17. The number of methoxy groups -OCH3 is 2. The maximum absolute atomic E-state index is 12.5. The van der Waals surface area contributed by atoms with E-state index in [2.05, 4.69) is 9.47 Å².